The summed E-state index contributed by atoms with van der Waals surface area (Å²) >= 11 is 1.42. The molecule has 0 radical (unpaired) electrons. The van der Waals surface area contributed by atoms with E-state index in [9.17, 15) is 9.18 Å². The summed E-state index contributed by atoms with van der Waals surface area (Å²) in [4.78, 5) is 14.2. The van der Waals surface area contributed by atoms with Crippen molar-refractivity contribution in [2.45, 2.75) is 6.54 Å². The second kappa shape index (κ2) is 5.98. The van der Waals surface area contributed by atoms with Crippen molar-refractivity contribution >= 4 is 21.6 Å². The Hall–Kier alpha value is -2.86. The smallest absolute Gasteiger partial charge is 0.267 e. The molecule has 4 nitrogen and oxygen atoms in total. The van der Waals surface area contributed by atoms with Crippen LogP contribution in [0.5, 0.6) is 0 Å². The van der Waals surface area contributed by atoms with Crippen LogP contribution in [0.3, 0.4) is 0 Å². The molecule has 6 heteroatoms. The van der Waals surface area contributed by atoms with E-state index in [4.69, 9.17) is 0 Å². The van der Waals surface area contributed by atoms with Gasteiger partial charge in [0.25, 0.3) is 5.56 Å². The zero-order chi connectivity index (χ0) is 16.5. The second-order valence-corrected chi connectivity index (χ2v) is 6.37. The summed E-state index contributed by atoms with van der Waals surface area (Å²) in [5, 5.41) is 8.58. The number of nitrogens with zero attached hydrogens (tertiary/aromatic N) is 3. The molecular weight excluding hydrogens is 325 g/mol. The van der Waals surface area contributed by atoms with Crippen molar-refractivity contribution in [1.29, 1.82) is 0 Å². The summed E-state index contributed by atoms with van der Waals surface area (Å²) in [5.41, 5.74) is 1.18. The SMILES string of the molecule is O=c1c2cc(-c3ccccc3)sc2nnn1Cc1ccccc1F. The molecule has 24 heavy (non-hydrogen) atoms. The van der Waals surface area contributed by atoms with Crippen molar-refractivity contribution in [3.8, 4) is 10.4 Å². The summed E-state index contributed by atoms with van der Waals surface area (Å²) in [6.45, 7) is 0.0605. The van der Waals surface area contributed by atoms with Gasteiger partial charge in [-0.25, -0.2) is 9.07 Å². The fraction of sp³-hybridized carbons (Fsp3) is 0.0556. The van der Waals surface area contributed by atoms with Crippen molar-refractivity contribution < 1.29 is 4.39 Å². The van der Waals surface area contributed by atoms with E-state index in [1.807, 2.05) is 36.4 Å². The monoisotopic (exact) mass is 337 g/mol. The fourth-order valence-corrected chi connectivity index (χ4v) is 3.49. The Bertz CT molecular complexity index is 1070. The molecule has 0 unspecified atom stereocenters. The topological polar surface area (TPSA) is 47.8 Å². The Balaban J connectivity index is 1.78. The summed E-state index contributed by atoms with van der Waals surface area (Å²) < 4.78 is 15.0. The zero-order valence-corrected chi connectivity index (χ0v) is 13.3. The van der Waals surface area contributed by atoms with Crippen molar-refractivity contribution in [3.63, 3.8) is 0 Å². The van der Waals surface area contributed by atoms with Gasteiger partial charge in [0.05, 0.1) is 11.9 Å². The number of aromatic nitrogens is 3. The standard InChI is InChI=1S/C18H12FN3OS/c19-15-9-5-4-8-13(15)11-22-18(23)14-10-16(24-17(14)20-21-22)12-6-2-1-3-7-12/h1-10H,11H2. The molecule has 0 aliphatic carbocycles. The lowest BCUT2D eigenvalue weighted by molar-refractivity contribution is 0.557. The van der Waals surface area contributed by atoms with Gasteiger partial charge in [-0.3, -0.25) is 4.79 Å². The van der Waals surface area contributed by atoms with Gasteiger partial charge in [-0.15, -0.1) is 16.4 Å². The molecule has 0 amide bonds. The number of hydrogen-bond donors (Lipinski definition) is 0. The van der Waals surface area contributed by atoms with Crippen molar-refractivity contribution in [2.75, 3.05) is 0 Å². The molecule has 0 bridgehead atoms. The number of rotatable bonds is 3. The first kappa shape index (κ1) is 14.7. The predicted octanol–water partition coefficient (Wildman–Crippen LogP) is 3.71. The highest BCUT2D eigenvalue weighted by Gasteiger charge is 2.12. The molecule has 2 aromatic heterocycles. The molecule has 0 saturated heterocycles. The largest absolute Gasteiger partial charge is 0.278 e. The highest BCUT2D eigenvalue weighted by molar-refractivity contribution is 7.21. The molecule has 4 aromatic rings. The number of benzene rings is 2. The van der Waals surface area contributed by atoms with Crippen molar-refractivity contribution in [3.05, 3.63) is 82.4 Å². The van der Waals surface area contributed by atoms with Gasteiger partial charge in [-0.2, -0.15) is 0 Å². The van der Waals surface area contributed by atoms with Crippen LogP contribution in [0.2, 0.25) is 0 Å². The molecule has 0 N–H and O–H groups in total. The minimum atomic E-state index is -0.360. The first-order chi connectivity index (χ1) is 11.7. The number of fused-ring (bicyclic) bond motifs is 1. The summed E-state index contributed by atoms with van der Waals surface area (Å²) in [6, 6.07) is 18.0. The molecule has 0 aliphatic heterocycles. The molecule has 118 valence electrons. The van der Waals surface area contributed by atoms with Crippen molar-refractivity contribution in [1.82, 2.24) is 15.0 Å². The number of halogens is 1. The maximum atomic E-state index is 13.8. The molecule has 2 aromatic carbocycles. The molecule has 0 atom stereocenters. The third-order valence-corrected chi connectivity index (χ3v) is 4.83. The average molecular weight is 337 g/mol. The molecular formula is C18H12FN3OS. The predicted molar refractivity (Wildman–Crippen MR) is 92.6 cm³/mol. The van der Waals surface area contributed by atoms with Gasteiger partial charge in [0, 0.05) is 10.4 Å². The van der Waals surface area contributed by atoms with Crippen LogP contribution in [0.1, 0.15) is 5.56 Å². The number of hydrogen-bond acceptors (Lipinski definition) is 4. The molecule has 2 heterocycles. The molecule has 0 aliphatic rings. The van der Waals surface area contributed by atoms with E-state index >= 15 is 0 Å². The van der Waals surface area contributed by atoms with Crippen molar-refractivity contribution in [2.24, 2.45) is 0 Å². The highest BCUT2D eigenvalue weighted by Crippen LogP contribution is 2.30. The van der Waals surface area contributed by atoms with Gasteiger partial charge in [-0.1, -0.05) is 53.7 Å². The lowest BCUT2D eigenvalue weighted by Gasteiger charge is -2.04. The molecule has 0 saturated carbocycles. The van der Waals surface area contributed by atoms with Gasteiger partial charge in [-0.05, 0) is 17.7 Å². The van der Waals surface area contributed by atoms with E-state index in [-0.39, 0.29) is 17.9 Å². The second-order valence-electron chi connectivity index (χ2n) is 5.34. The molecule has 0 spiro atoms. The van der Waals surface area contributed by atoms with Crippen LogP contribution in [0, 0.1) is 5.82 Å². The van der Waals surface area contributed by atoms with E-state index in [0.29, 0.717) is 15.8 Å². The highest BCUT2D eigenvalue weighted by atomic mass is 32.1. The lowest BCUT2D eigenvalue weighted by Crippen LogP contribution is -2.24. The number of thiophene rings is 1. The van der Waals surface area contributed by atoms with Crippen LogP contribution >= 0.6 is 11.3 Å². The Morgan fingerprint density at radius 2 is 1.79 bits per heavy atom. The summed E-state index contributed by atoms with van der Waals surface area (Å²) in [7, 11) is 0. The minimum Gasteiger partial charge on any atom is -0.267 e. The Kier molecular flexibility index (Phi) is 3.66. The van der Waals surface area contributed by atoms with Gasteiger partial charge in [0.1, 0.15) is 5.82 Å². The van der Waals surface area contributed by atoms with Crippen LogP contribution in [-0.2, 0) is 6.54 Å². The fourth-order valence-electron chi connectivity index (χ4n) is 2.52. The zero-order valence-electron chi connectivity index (χ0n) is 12.5. The quantitative estimate of drug-likeness (QED) is 0.573. The van der Waals surface area contributed by atoms with Crippen LogP contribution in [0.15, 0.2) is 65.5 Å². The molecule has 0 fully saturated rings. The van der Waals surface area contributed by atoms with E-state index in [1.54, 1.807) is 18.2 Å². The van der Waals surface area contributed by atoms with Crippen LogP contribution in [0.4, 0.5) is 4.39 Å². The van der Waals surface area contributed by atoms with E-state index < -0.39 is 0 Å². The van der Waals surface area contributed by atoms with Crippen LogP contribution < -0.4 is 5.56 Å². The van der Waals surface area contributed by atoms with Gasteiger partial charge in [0.15, 0.2) is 4.83 Å². The van der Waals surface area contributed by atoms with Gasteiger partial charge >= 0.3 is 0 Å². The first-order valence-corrected chi connectivity index (χ1v) is 8.20. The van der Waals surface area contributed by atoms with Crippen LogP contribution in [0.25, 0.3) is 20.7 Å². The Morgan fingerprint density at radius 3 is 2.58 bits per heavy atom. The maximum Gasteiger partial charge on any atom is 0.278 e. The maximum absolute atomic E-state index is 13.8. The third kappa shape index (κ3) is 2.61. The van der Waals surface area contributed by atoms with E-state index in [0.717, 1.165) is 10.4 Å². The normalized spacial score (nSPS) is 11.0. The minimum absolute atomic E-state index is 0.0605. The molecule has 4 rings (SSSR count). The summed E-state index contributed by atoms with van der Waals surface area (Å²) in [5.74, 6) is -0.360. The third-order valence-electron chi connectivity index (χ3n) is 3.76. The average Bonchev–Trinajstić information content (AvgIpc) is 3.05. The van der Waals surface area contributed by atoms with Crippen LogP contribution in [-0.4, -0.2) is 15.0 Å². The lowest BCUT2D eigenvalue weighted by atomic mass is 10.2. The van der Waals surface area contributed by atoms with Gasteiger partial charge < -0.3 is 0 Å². The Labute approximate surface area is 140 Å². The first-order valence-electron chi connectivity index (χ1n) is 7.38. The Morgan fingerprint density at radius 1 is 1.04 bits per heavy atom. The van der Waals surface area contributed by atoms with Gasteiger partial charge in [0.2, 0.25) is 0 Å². The van der Waals surface area contributed by atoms with E-state index in [1.165, 1.54) is 22.1 Å². The summed E-state index contributed by atoms with van der Waals surface area (Å²) in [6.07, 6.45) is 0. The van der Waals surface area contributed by atoms with E-state index in [2.05, 4.69) is 10.3 Å².